The fourth-order valence-electron chi connectivity index (χ4n) is 5.22. The summed E-state index contributed by atoms with van der Waals surface area (Å²) in [5, 5.41) is 20.3. The minimum absolute atomic E-state index is 0.0627. The van der Waals surface area contributed by atoms with E-state index in [9.17, 15) is 27.9 Å². The maximum Gasteiger partial charge on any atom is 0.416 e. The van der Waals surface area contributed by atoms with Crippen molar-refractivity contribution in [2.75, 3.05) is 6.61 Å². The fraction of sp³-hybridized carbons (Fsp3) is 0.400. The molecule has 9 nitrogen and oxygen atoms in total. The van der Waals surface area contributed by atoms with Gasteiger partial charge in [0.15, 0.2) is 0 Å². The number of alkyl halides is 3. The summed E-state index contributed by atoms with van der Waals surface area (Å²) in [7, 11) is 0. The number of hydrogen-bond acceptors (Lipinski definition) is 8. The average molecular weight is 651 g/mol. The number of thiazole rings is 1. The molecule has 1 saturated heterocycles. The molecule has 1 N–H and O–H groups in total. The smallest absolute Gasteiger partial charge is 0.416 e. The standard InChI is InChI=1S/C30H30ClF3N4O5S/c1-28(2,3)43-26(40)38-20(15-42-29(38,4)5)14-37-25(39)24(44-27(37)41)21(16-7-9-23-18(10-16)13-35-36-23)11-17-6-8-19(31)12-22(17)30(32,33)34/h6-10,12-13,20,39H,11,14-15H2,1-5H3/t20-/m1/s1. The van der Waals surface area contributed by atoms with Crippen molar-refractivity contribution in [2.45, 2.75) is 71.1 Å². The van der Waals surface area contributed by atoms with E-state index >= 15 is 0 Å². The third-order valence-electron chi connectivity index (χ3n) is 7.18. The van der Waals surface area contributed by atoms with Gasteiger partial charge in [0.05, 0.1) is 41.2 Å². The Hall–Kier alpha value is -3.68. The van der Waals surface area contributed by atoms with Gasteiger partial charge in [0.1, 0.15) is 11.3 Å². The van der Waals surface area contributed by atoms with Crippen LogP contribution in [0, 0.1) is 0 Å². The second-order valence-corrected chi connectivity index (χ2v) is 13.4. The number of hydrogen-bond donors (Lipinski definition) is 1. The number of amides is 1. The highest BCUT2D eigenvalue weighted by Crippen LogP contribution is 2.38. The Balaban J connectivity index is 1.61. The third-order valence-corrected chi connectivity index (χ3v) is 8.45. The third kappa shape index (κ3) is 6.40. The van der Waals surface area contributed by atoms with Gasteiger partial charge in [-0.25, -0.2) is 4.79 Å². The van der Waals surface area contributed by atoms with Crippen molar-refractivity contribution in [1.82, 2.24) is 9.47 Å². The van der Waals surface area contributed by atoms with Crippen LogP contribution in [0.25, 0.3) is 5.57 Å². The van der Waals surface area contributed by atoms with Crippen LogP contribution in [-0.4, -0.2) is 50.9 Å². The molecule has 0 radical (unpaired) electrons. The van der Waals surface area contributed by atoms with E-state index in [-0.39, 0.29) is 40.6 Å². The lowest BCUT2D eigenvalue weighted by Gasteiger charge is -2.35. The highest BCUT2D eigenvalue weighted by molar-refractivity contribution is 7.10. The normalized spacial score (nSPS) is 18.3. The number of rotatable bonds is 5. The van der Waals surface area contributed by atoms with Crippen LogP contribution in [0.1, 0.15) is 56.2 Å². The molecule has 0 aliphatic carbocycles. The van der Waals surface area contributed by atoms with Crippen molar-refractivity contribution in [3.8, 4) is 5.88 Å². The van der Waals surface area contributed by atoms with E-state index in [2.05, 4.69) is 10.2 Å². The molecular formula is C30H30ClF3N4O5S. The molecule has 1 fully saturated rings. The lowest BCUT2D eigenvalue weighted by molar-refractivity contribution is -0.138. The molecule has 0 spiro atoms. The number of fused-ring (bicyclic) bond motifs is 1. The molecule has 2 aliphatic rings. The molecule has 0 unspecified atom stereocenters. The van der Waals surface area contributed by atoms with Gasteiger partial charge in [-0.1, -0.05) is 35.1 Å². The van der Waals surface area contributed by atoms with Crippen LogP contribution < -0.4 is 15.4 Å². The fourth-order valence-corrected chi connectivity index (χ4v) is 6.36. The van der Waals surface area contributed by atoms with Gasteiger partial charge in [0.25, 0.3) is 0 Å². The first kappa shape index (κ1) is 31.7. The summed E-state index contributed by atoms with van der Waals surface area (Å²) in [5.74, 6) is -0.440. The minimum atomic E-state index is -4.70. The predicted octanol–water partition coefficient (Wildman–Crippen LogP) is 5.07. The van der Waals surface area contributed by atoms with E-state index in [0.29, 0.717) is 27.5 Å². The van der Waals surface area contributed by atoms with Crippen molar-refractivity contribution in [3.63, 3.8) is 0 Å². The molecule has 44 heavy (non-hydrogen) atoms. The number of carbonyl (C=O) groups excluding carboxylic acids is 1. The van der Waals surface area contributed by atoms with Gasteiger partial charge in [0.2, 0.25) is 5.88 Å². The Morgan fingerprint density at radius 2 is 1.93 bits per heavy atom. The number of nitrogens with zero attached hydrogens (tertiary/aromatic N) is 4. The molecule has 0 bridgehead atoms. The van der Waals surface area contributed by atoms with Gasteiger partial charge in [-0.3, -0.25) is 14.3 Å². The quantitative estimate of drug-likeness (QED) is 0.415. The Bertz CT molecular complexity index is 1840. The minimum Gasteiger partial charge on any atom is -0.493 e. The zero-order valence-corrected chi connectivity index (χ0v) is 26.1. The molecule has 2 aliphatic heterocycles. The number of ether oxygens (including phenoxy) is 2. The summed E-state index contributed by atoms with van der Waals surface area (Å²) >= 11 is 6.61. The number of carbonyl (C=O) groups is 1. The summed E-state index contributed by atoms with van der Waals surface area (Å²) < 4.78 is 54.7. The van der Waals surface area contributed by atoms with Crippen LogP contribution in [0.4, 0.5) is 18.0 Å². The van der Waals surface area contributed by atoms with E-state index in [1.165, 1.54) is 23.2 Å². The highest BCUT2D eigenvalue weighted by Gasteiger charge is 2.46. The van der Waals surface area contributed by atoms with Crippen LogP contribution in [-0.2, 0) is 28.6 Å². The highest BCUT2D eigenvalue weighted by atomic mass is 35.5. The van der Waals surface area contributed by atoms with E-state index in [0.717, 1.165) is 10.6 Å². The summed E-state index contributed by atoms with van der Waals surface area (Å²) in [6.45, 7) is 8.50. The Morgan fingerprint density at radius 3 is 2.61 bits per heavy atom. The Kier molecular flexibility index (Phi) is 8.19. The van der Waals surface area contributed by atoms with Gasteiger partial charge < -0.3 is 14.6 Å². The lowest BCUT2D eigenvalue weighted by atomic mass is 9.96. The zero-order chi connectivity index (χ0) is 32.2. The molecule has 2 aromatic carbocycles. The van der Waals surface area contributed by atoms with Crippen molar-refractivity contribution in [3.05, 3.63) is 83.2 Å². The van der Waals surface area contributed by atoms with Gasteiger partial charge in [-0.05, 0) is 75.2 Å². The average Bonchev–Trinajstić information content (AvgIpc) is 3.57. The first-order valence-corrected chi connectivity index (χ1v) is 14.8. The zero-order valence-electron chi connectivity index (χ0n) is 24.5. The first-order valence-electron chi connectivity index (χ1n) is 13.6. The second kappa shape index (κ2) is 11.4. The summed E-state index contributed by atoms with van der Waals surface area (Å²) in [5.41, 5.74) is -1.94. The van der Waals surface area contributed by atoms with Gasteiger partial charge in [0, 0.05) is 17.0 Å². The van der Waals surface area contributed by atoms with E-state index in [1.54, 1.807) is 52.8 Å². The maximum absolute atomic E-state index is 14.1. The molecule has 0 saturated carbocycles. The van der Waals surface area contributed by atoms with Crippen LogP contribution in [0.2, 0.25) is 5.02 Å². The van der Waals surface area contributed by atoms with Gasteiger partial charge in [-0.2, -0.15) is 23.4 Å². The summed E-state index contributed by atoms with van der Waals surface area (Å²) in [6.07, 6.45) is -4.11. The number of halogens is 4. The molecule has 5 rings (SSSR count). The Labute approximate surface area is 259 Å². The van der Waals surface area contributed by atoms with Crippen molar-refractivity contribution >= 4 is 40.8 Å². The molecule has 14 heteroatoms. The second-order valence-electron chi connectivity index (χ2n) is 12.0. The first-order chi connectivity index (χ1) is 20.4. The van der Waals surface area contributed by atoms with Crippen molar-refractivity contribution in [2.24, 2.45) is 10.2 Å². The summed E-state index contributed by atoms with van der Waals surface area (Å²) in [4.78, 5) is 27.4. The molecule has 1 amide bonds. The number of aromatic hydroxyl groups is 1. The van der Waals surface area contributed by atoms with Crippen molar-refractivity contribution < 1.29 is 32.5 Å². The van der Waals surface area contributed by atoms with E-state index in [1.807, 2.05) is 0 Å². The molecule has 234 valence electrons. The predicted molar refractivity (Wildman–Crippen MR) is 160 cm³/mol. The molecule has 3 aromatic rings. The maximum atomic E-state index is 14.1. The van der Waals surface area contributed by atoms with Crippen LogP contribution in [0.3, 0.4) is 0 Å². The largest absolute Gasteiger partial charge is 0.493 e. The molecular weight excluding hydrogens is 621 g/mol. The van der Waals surface area contributed by atoms with Gasteiger partial charge >= 0.3 is 17.1 Å². The van der Waals surface area contributed by atoms with Gasteiger partial charge in [-0.15, -0.1) is 0 Å². The van der Waals surface area contributed by atoms with E-state index < -0.39 is 46.0 Å². The topological polar surface area (TPSA) is 106 Å². The van der Waals surface area contributed by atoms with Crippen LogP contribution in [0.15, 0.2) is 51.4 Å². The molecule has 1 aromatic heterocycles. The van der Waals surface area contributed by atoms with E-state index in [4.69, 9.17) is 21.1 Å². The SMILES string of the molecule is CC(C)(C)OC(=O)N1[C@H](Cn2c(O)c(C(Cc3ccc(Cl)cc3C(F)(F)F)=c3ccc4c(c3)C=NN=4)sc2=O)COC1(C)C. The summed E-state index contributed by atoms with van der Waals surface area (Å²) in [6, 6.07) is 7.82. The molecule has 3 heterocycles. The monoisotopic (exact) mass is 650 g/mol. The lowest BCUT2D eigenvalue weighted by Crippen LogP contribution is -2.51. The number of benzene rings is 2. The van der Waals surface area contributed by atoms with Crippen LogP contribution >= 0.6 is 22.9 Å². The number of aromatic nitrogens is 1. The van der Waals surface area contributed by atoms with Crippen molar-refractivity contribution in [1.29, 1.82) is 0 Å². The molecule has 1 atom stereocenters. The Morgan fingerprint density at radius 1 is 1.20 bits per heavy atom. The van der Waals surface area contributed by atoms with Crippen LogP contribution in [0.5, 0.6) is 5.88 Å².